The summed E-state index contributed by atoms with van der Waals surface area (Å²) in [5, 5.41) is 8.50. The van der Waals surface area contributed by atoms with Crippen LogP contribution in [0.15, 0.2) is 48.8 Å². The average molecular weight is 375 g/mol. The number of rotatable bonds is 4. The van der Waals surface area contributed by atoms with E-state index in [-0.39, 0.29) is 5.91 Å². The molecule has 0 bridgehead atoms. The summed E-state index contributed by atoms with van der Waals surface area (Å²) in [5.74, 6) is 0.503. The summed E-state index contributed by atoms with van der Waals surface area (Å²) in [6.07, 6.45) is 5.80. The van der Waals surface area contributed by atoms with Crippen LogP contribution in [0.2, 0.25) is 0 Å². The first-order valence-electron chi connectivity index (χ1n) is 9.78. The zero-order valence-corrected chi connectivity index (χ0v) is 16.4. The SMILES string of the molecule is Cc1ccc(C(=O)N2CCC[C@H](Cn3cc(-c4ccccn4)nn3)C2)cc1C. The van der Waals surface area contributed by atoms with Crippen LogP contribution in [-0.4, -0.2) is 43.9 Å². The Labute approximate surface area is 165 Å². The molecule has 1 amide bonds. The summed E-state index contributed by atoms with van der Waals surface area (Å²) < 4.78 is 1.87. The van der Waals surface area contributed by atoms with Crippen molar-refractivity contribution in [1.82, 2.24) is 24.9 Å². The van der Waals surface area contributed by atoms with E-state index < -0.39 is 0 Å². The highest BCUT2D eigenvalue weighted by molar-refractivity contribution is 5.94. The van der Waals surface area contributed by atoms with Crippen LogP contribution in [0.4, 0.5) is 0 Å². The molecule has 0 aliphatic carbocycles. The number of aryl methyl sites for hydroxylation is 2. The Kier molecular flexibility index (Phi) is 5.19. The largest absolute Gasteiger partial charge is 0.338 e. The van der Waals surface area contributed by atoms with Crippen LogP contribution in [0, 0.1) is 19.8 Å². The molecular weight excluding hydrogens is 350 g/mol. The minimum Gasteiger partial charge on any atom is -0.338 e. The van der Waals surface area contributed by atoms with Crippen LogP contribution < -0.4 is 0 Å². The van der Waals surface area contributed by atoms with Gasteiger partial charge in [-0.1, -0.05) is 17.3 Å². The van der Waals surface area contributed by atoms with Gasteiger partial charge in [-0.3, -0.25) is 14.5 Å². The maximum atomic E-state index is 12.9. The second-order valence-corrected chi connectivity index (χ2v) is 7.60. The summed E-state index contributed by atoms with van der Waals surface area (Å²) >= 11 is 0. The van der Waals surface area contributed by atoms with E-state index in [0.717, 1.165) is 55.0 Å². The van der Waals surface area contributed by atoms with Crippen molar-refractivity contribution in [3.8, 4) is 11.4 Å². The molecule has 3 aromatic rings. The quantitative estimate of drug-likeness (QED) is 0.700. The molecule has 0 unspecified atom stereocenters. The molecule has 1 aliphatic heterocycles. The summed E-state index contributed by atoms with van der Waals surface area (Å²) in [6, 6.07) is 11.7. The van der Waals surface area contributed by atoms with Crippen LogP contribution in [0.25, 0.3) is 11.4 Å². The van der Waals surface area contributed by atoms with E-state index in [1.807, 2.05) is 52.2 Å². The molecule has 1 atom stereocenters. The Balaban J connectivity index is 1.42. The van der Waals surface area contributed by atoms with Crippen LogP contribution in [0.1, 0.15) is 34.3 Å². The van der Waals surface area contributed by atoms with Crippen LogP contribution in [0.5, 0.6) is 0 Å². The molecular formula is C22H25N5O. The molecule has 2 aromatic heterocycles. The van der Waals surface area contributed by atoms with Gasteiger partial charge in [0, 0.05) is 31.4 Å². The maximum Gasteiger partial charge on any atom is 0.253 e. The number of pyridine rings is 1. The van der Waals surface area contributed by atoms with E-state index in [4.69, 9.17) is 0 Å². The monoisotopic (exact) mass is 375 g/mol. The highest BCUT2D eigenvalue weighted by Gasteiger charge is 2.25. The number of piperidine rings is 1. The van der Waals surface area contributed by atoms with Crippen molar-refractivity contribution in [3.63, 3.8) is 0 Å². The van der Waals surface area contributed by atoms with Crippen molar-refractivity contribution < 1.29 is 4.79 Å². The molecule has 144 valence electrons. The van der Waals surface area contributed by atoms with Gasteiger partial charge in [-0.15, -0.1) is 5.10 Å². The van der Waals surface area contributed by atoms with E-state index in [1.54, 1.807) is 6.20 Å². The van der Waals surface area contributed by atoms with Crippen molar-refractivity contribution in [2.75, 3.05) is 13.1 Å². The number of hydrogen-bond donors (Lipinski definition) is 0. The molecule has 0 N–H and O–H groups in total. The van der Waals surface area contributed by atoms with Crippen LogP contribution >= 0.6 is 0 Å². The molecule has 4 rings (SSSR count). The Bertz CT molecular complexity index is 966. The van der Waals surface area contributed by atoms with Gasteiger partial charge in [-0.2, -0.15) is 0 Å². The standard InChI is InChI=1S/C22H25N5O/c1-16-8-9-19(12-17(16)2)22(28)26-11-5-6-18(13-26)14-27-15-21(24-25-27)20-7-3-4-10-23-20/h3-4,7-10,12,15,18H,5-6,11,13-14H2,1-2H3/t18-/m0/s1. The Morgan fingerprint density at radius 3 is 2.82 bits per heavy atom. The van der Waals surface area contributed by atoms with Gasteiger partial charge in [0.25, 0.3) is 5.91 Å². The molecule has 3 heterocycles. The number of nitrogens with zero attached hydrogens (tertiary/aromatic N) is 5. The number of benzene rings is 1. The highest BCUT2D eigenvalue weighted by atomic mass is 16.2. The van der Waals surface area contributed by atoms with Gasteiger partial charge in [0.2, 0.25) is 0 Å². The first kappa shape index (κ1) is 18.3. The van der Waals surface area contributed by atoms with E-state index in [0.29, 0.717) is 5.92 Å². The van der Waals surface area contributed by atoms with Gasteiger partial charge >= 0.3 is 0 Å². The predicted octanol–water partition coefficient (Wildman–Crippen LogP) is 3.51. The van der Waals surface area contributed by atoms with Crippen molar-refractivity contribution >= 4 is 5.91 Å². The van der Waals surface area contributed by atoms with Crippen molar-refractivity contribution in [2.45, 2.75) is 33.2 Å². The van der Waals surface area contributed by atoms with Gasteiger partial charge in [0.05, 0.1) is 11.9 Å². The number of likely N-dealkylation sites (tertiary alicyclic amines) is 1. The number of aromatic nitrogens is 4. The first-order valence-corrected chi connectivity index (χ1v) is 9.78. The topological polar surface area (TPSA) is 63.9 Å². The molecule has 6 nitrogen and oxygen atoms in total. The molecule has 0 spiro atoms. The van der Waals surface area contributed by atoms with Gasteiger partial charge < -0.3 is 4.90 Å². The van der Waals surface area contributed by atoms with Crippen molar-refractivity contribution in [1.29, 1.82) is 0 Å². The normalized spacial score (nSPS) is 16.9. The summed E-state index contributed by atoms with van der Waals surface area (Å²) in [7, 11) is 0. The molecule has 0 radical (unpaired) electrons. The van der Waals surface area contributed by atoms with E-state index >= 15 is 0 Å². The second kappa shape index (κ2) is 7.92. The fourth-order valence-electron chi connectivity index (χ4n) is 3.74. The lowest BCUT2D eigenvalue weighted by Gasteiger charge is -2.32. The number of carbonyl (C=O) groups is 1. The first-order chi connectivity index (χ1) is 13.6. The van der Waals surface area contributed by atoms with Gasteiger partial charge in [0.15, 0.2) is 0 Å². The lowest BCUT2D eigenvalue weighted by atomic mass is 9.97. The number of amides is 1. The summed E-state index contributed by atoms with van der Waals surface area (Å²) in [5.41, 5.74) is 4.75. The van der Waals surface area contributed by atoms with E-state index in [1.165, 1.54) is 5.56 Å². The Morgan fingerprint density at radius 1 is 1.14 bits per heavy atom. The average Bonchev–Trinajstić information content (AvgIpc) is 3.19. The predicted molar refractivity (Wildman–Crippen MR) is 108 cm³/mol. The third-order valence-electron chi connectivity index (χ3n) is 5.47. The fraction of sp³-hybridized carbons (Fsp3) is 0.364. The van der Waals surface area contributed by atoms with Gasteiger partial charge in [0.1, 0.15) is 5.69 Å². The summed E-state index contributed by atoms with van der Waals surface area (Å²) in [4.78, 5) is 19.2. The Morgan fingerprint density at radius 2 is 2.04 bits per heavy atom. The molecule has 1 saturated heterocycles. The summed E-state index contributed by atoms with van der Waals surface area (Å²) in [6.45, 7) is 6.45. The van der Waals surface area contributed by atoms with Gasteiger partial charge in [-0.05, 0) is 68.0 Å². The molecule has 6 heteroatoms. The molecule has 1 fully saturated rings. The lowest BCUT2D eigenvalue weighted by Crippen LogP contribution is -2.41. The smallest absolute Gasteiger partial charge is 0.253 e. The molecule has 1 aliphatic rings. The highest BCUT2D eigenvalue weighted by Crippen LogP contribution is 2.22. The van der Waals surface area contributed by atoms with Crippen molar-refractivity contribution in [3.05, 3.63) is 65.5 Å². The number of hydrogen-bond acceptors (Lipinski definition) is 4. The zero-order chi connectivity index (χ0) is 19.5. The van der Waals surface area contributed by atoms with Crippen molar-refractivity contribution in [2.24, 2.45) is 5.92 Å². The third kappa shape index (κ3) is 3.96. The van der Waals surface area contributed by atoms with Crippen LogP contribution in [-0.2, 0) is 6.54 Å². The number of carbonyl (C=O) groups excluding carboxylic acids is 1. The van der Waals surface area contributed by atoms with E-state index in [2.05, 4.69) is 29.1 Å². The zero-order valence-electron chi connectivity index (χ0n) is 16.4. The minimum absolute atomic E-state index is 0.126. The molecule has 28 heavy (non-hydrogen) atoms. The molecule has 0 saturated carbocycles. The lowest BCUT2D eigenvalue weighted by molar-refractivity contribution is 0.0659. The fourth-order valence-corrected chi connectivity index (χ4v) is 3.74. The third-order valence-corrected chi connectivity index (χ3v) is 5.47. The Hall–Kier alpha value is -3.02. The minimum atomic E-state index is 0.126. The maximum absolute atomic E-state index is 12.9. The van der Waals surface area contributed by atoms with E-state index in [9.17, 15) is 4.79 Å². The molecule has 1 aromatic carbocycles. The second-order valence-electron chi connectivity index (χ2n) is 7.60. The van der Waals surface area contributed by atoms with Crippen LogP contribution in [0.3, 0.4) is 0 Å². The van der Waals surface area contributed by atoms with Gasteiger partial charge in [-0.25, -0.2) is 0 Å².